The van der Waals surface area contributed by atoms with Gasteiger partial charge in [-0.3, -0.25) is 4.79 Å². The van der Waals surface area contributed by atoms with E-state index in [1.165, 1.54) is 0 Å². The van der Waals surface area contributed by atoms with Crippen LogP contribution in [-0.2, 0) is 9.53 Å². The van der Waals surface area contributed by atoms with Crippen molar-refractivity contribution in [3.05, 3.63) is 29.8 Å². The maximum Gasteiger partial charge on any atom is 0.223 e. The SMILES string of the molecule is Cc1ccccc1OCCC(=O)NCC1(O)CCOCC1. The van der Waals surface area contributed by atoms with E-state index in [-0.39, 0.29) is 18.9 Å². The number of hydrogen-bond donors (Lipinski definition) is 2. The van der Waals surface area contributed by atoms with Crippen molar-refractivity contribution in [1.29, 1.82) is 0 Å². The van der Waals surface area contributed by atoms with Crippen LogP contribution in [0.3, 0.4) is 0 Å². The number of nitrogens with one attached hydrogen (secondary N) is 1. The summed E-state index contributed by atoms with van der Waals surface area (Å²) in [4.78, 5) is 11.8. The van der Waals surface area contributed by atoms with Crippen molar-refractivity contribution in [3.8, 4) is 5.75 Å². The third-order valence-electron chi connectivity index (χ3n) is 3.72. The first-order valence-corrected chi connectivity index (χ1v) is 7.34. The van der Waals surface area contributed by atoms with Gasteiger partial charge < -0.3 is 19.9 Å². The van der Waals surface area contributed by atoms with Crippen molar-refractivity contribution < 1.29 is 19.4 Å². The summed E-state index contributed by atoms with van der Waals surface area (Å²) in [6.45, 7) is 3.67. The van der Waals surface area contributed by atoms with Crippen LogP contribution in [0.1, 0.15) is 24.8 Å². The van der Waals surface area contributed by atoms with Gasteiger partial charge in [0, 0.05) is 32.6 Å². The number of hydrogen-bond acceptors (Lipinski definition) is 4. The van der Waals surface area contributed by atoms with Gasteiger partial charge in [0.1, 0.15) is 5.75 Å². The maximum absolute atomic E-state index is 11.8. The molecule has 2 rings (SSSR count). The van der Waals surface area contributed by atoms with Gasteiger partial charge in [0.15, 0.2) is 0 Å². The maximum atomic E-state index is 11.8. The predicted molar refractivity (Wildman–Crippen MR) is 79.3 cm³/mol. The summed E-state index contributed by atoms with van der Waals surface area (Å²) in [6, 6.07) is 7.71. The number of aliphatic hydroxyl groups is 1. The quantitative estimate of drug-likeness (QED) is 0.832. The molecule has 1 aliphatic heterocycles. The molecule has 0 aliphatic carbocycles. The topological polar surface area (TPSA) is 67.8 Å². The molecule has 1 aromatic rings. The van der Waals surface area contributed by atoms with E-state index in [0.29, 0.717) is 32.7 Å². The molecule has 1 aliphatic rings. The molecule has 1 aromatic carbocycles. The third kappa shape index (κ3) is 5.02. The molecule has 116 valence electrons. The zero-order valence-electron chi connectivity index (χ0n) is 12.4. The molecule has 1 heterocycles. The van der Waals surface area contributed by atoms with Crippen LogP contribution >= 0.6 is 0 Å². The molecule has 21 heavy (non-hydrogen) atoms. The zero-order valence-corrected chi connectivity index (χ0v) is 12.4. The molecule has 0 saturated carbocycles. The third-order valence-corrected chi connectivity index (χ3v) is 3.72. The molecular formula is C16H23NO4. The van der Waals surface area contributed by atoms with E-state index in [2.05, 4.69) is 5.32 Å². The van der Waals surface area contributed by atoms with Gasteiger partial charge in [-0.1, -0.05) is 18.2 Å². The minimum atomic E-state index is -0.829. The van der Waals surface area contributed by atoms with Crippen LogP contribution in [0, 0.1) is 6.92 Å². The minimum absolute atomic E-state index is 0.108. The Morgan fingerprint density at radius 1 is 1.38 bits per heavy atom. The average molecular weight is 293 g/mol. The summed E-state index contributed by atoms with van der Waals surface area (Å²) in [5.74, 6) is 0.692. The normalized spacial score (nSPS) is 17.2. The standard InChI is InChI=1S/C16H23NO4/c1-13-4-2-3-5-14(13)21-9-6-15(18)17-12-16(19)7-10-20-11-8-16/h2-5,19H,6-12H2,1H3,(H,17,18). The fourth-order valence-electron chi connectivity index (χ4n) is 2.25. The second-order valence-electron chi connectivity index (χ2n) is 5.48. The van der Waals surface area contributed by atoms with E-state index in [0.717, 1.165) is 11.3 Å². The van der Waals surface area contributed by atoms with Crippen LogP contribution in [0.25, 0.3) is 0 Å². The molecule has 5 nitrogen and oxygen atoms in total. The van der Waals surface area contributed by atoms with Gasteiger partial charge in [0.25, 0.3) is 0 Å². The molecule has 5 heteroatoms. The Bertz CT molecular complexity index is 469. The Morgan fingerprint density at radius 3 is 2.81 bits per heavy atom. The first-order valence-electron chi connectivity index (χ1n) is 7.34. The fraction of sp³-hybridized carbons (Fsp3) is 0.562. The van der Waals surface area contributed by atoms with Gasteiger partial charge in [-0.15, -0.1) is 0 Å². The molecule has 1 saturated heterocycles. The minimum Gasteiger partial charge on any atom is -0.493 e. The predicted octanol–water partition coefficient (Wildman–Crippen LogP) is 1.42. The Labute approximate surface area is 125 Å². The molecule has 1 fully saturated rings. The Kier molecular flexibility index (Phi) is 5.59. The molecule has 0 bridgehead atoms. The van der Waals surface area contributed by atoms with Crippen molar-refractivity contribution in [1.82, 2.24) is 5.32 Å². The van der Waals surface area contributed by atoms with E-state index in [1.54, 1.807) is 0 Å². The number of rotatable bonds is 6. The Morgan fingerprint density at radius 2 is 2.10 bits per heavy atom. The van der Waals surface area contributed by atoms with Gasteiger partial charge in [-0.2, -0.15) is 0 Å². The fourth-order valence-corrected chi connectivity index (χ4v) is 2.25. The Hall–Kier alpha value is -1.59. The number of amides is 1. The highest BCUT2D eigenvalue weighted by atomic mass is 16.5. The molecule has 0 spiro atoms. The van der Waals surface area contributed by atoms with E-state index < -0.39 is 5.60 Å². The lowest BCUT2D eigenvalue weighted by Gasteiger charge is -2.32. The molecule has 2 N–H and O–H groups in total. The van der Waals surface area contributed by atoms with Gasteiger partial charge >= 0.3 is 0 Å². The van der Waals surface area contributed by atoms with Crippen molar-refractivity contribution in [2.45, 2.75) is 31.8 Å². The summed E-state index contributed by atoms with van der Waals surface area (Å²) in [7, 11) is 0. The summed E-state index contributed by atoms with van der Waals surface area (Å²) in [6.07, 6.45) is 1.40. The van der Waals surface area contributed by atoms with Gasteiger partial charge in [0.05, 0.1) is 18.6 Å². The number of aryl methyl sites for hydroxylation is 1. The second-order valence-corrected chi connectivity index (χ2v) is 5.48. The average Bonchev–Trinajstić information content (AvgIpc) is 2.48. The van der Waals surface area contributed by atoms with Crippen LogP contribution in [0.15, 0.2) is 24.3 Å². The molecule has 0 aromatic heterocycles. The van der Waals surface area contributed by atoms with E-state index >= 15 is 0 Å². The lowest BCUT2D eigenvalue weighted by atomic mass is 9.94. The number of para-hydroxylation sites is 1. The first kappa shape index (κ1) is 15.8. The smallest absolute Gasteiger partial charge is 0.223 e. The van der Waals surface area contributed by atoms with E-state index in [4.69, 9.17) is 9.47 Å². The zero-order chi connectivity index (χ0) is 15.1. The molecular weight excluding hydrogens is 270 g/mol. The number of benzene rings is 1. The molecule has 0 radical (unpaired) electrons. The highest BCUT2D eigenvalue weighted by Gasteiger charge is 2.29. The van der Waals surface area contributed by atoms with Crippen LogP contribution in [0.5, 0.6) is 5.75 Å². The largest absolute Gasteiger partial charge is 0.493 e. The Balaban J connectivity index is 1.67. The van der Waals surface area contributed by atoms with Crippen molar-refractivity contribution >= 4 is 5.91 Å². The summed E-state index contributed by atoms with van der Waals surface area (Å²) < 4.78 is 10.8. The number of carbonyl (C=O) groups excluding carboxylic acids is 1. The van der Waals surface area contributed by atoms with Gasteiger partial charge in [0.2, 0.25) is 5.91 Å². The van der Waals surface area contributed by atoms with Gasteiger partial charge in [-0.05, 0) is 18.6 Å². The van der Waals surface area contributed by atoms with Crippen LogP contribution in [0.2, 0.25) is 0 Å². The highest BCUT2D eigenvalue weighted by Crippen LogP contribution is 2.19. The summed E-state index contributed by atoms with van der Waals surface area (Å²) in [5, 5.41) is 13.0. The van der Waals surface area contributed by atoms with E-state index in [9.17, 15) is 9.90 Å². The van der Waals surface area contributed by atoms with Gasteiger partial charge in [-0.25, -0.2) is 0 Å². The molecule has 0 unspecified atom stereocenters. The lowest BCUT2D eigenvalue weighted by molar-refractivity contribution is -0.124. The molecule has 1 amide bonds. The van der Waals surface area contributed by atoms with Crippen LogP contribution in [-0.4, -0.2) is 43.0 Å². The lowest BCUT2D eigenvalue weighted by Crippen LogP contribution is -2.46. The van der Waals surface area contributed by atoms with Crippen molar-refractivity contribution in [2.24, 2.45) is 0 Å². The number of ether oxygens (including phenoxy) is 2. The van der Waals surface area contributed by atoms with Crippen LogP contribution < -0.4 is 10.1 Å². The van der Waals surface area contributed by atoms with Crippen molar-refractivity contribution in [3.63, 3.8) is 0 Å². The van der Waals surface area contributed by atoms with Crippen molar-refractivity contribution in [2.75, 3.05) is 26.4 Å². The highest BCUT2D eigenvalue weighted by molar-refractivity contribution is 5.76. The van der Waals surface area contributed by atoms with E-state index in [1.807, 2.05) is 31.2 Å². The molecule has 0 atom stereocenters. The van der Waals surface area contributed by atoms with Crippen LogP contribution in [0.4, 0.5) is 0 Å². The first-order chi connectivity index (χ1) is 10.1. The summed E-state index contributed by atoms with van der Waals surface area (Å²) >= 11 is 0. The monoisotopic (exact) mass is 293 g/mol. The number of carbonyl (C=O) groups is 1. The second kappa shape index (κ2) is 7.43. The summed E-state index contributed by atoms with van der Waals surface area (Å²) in [5.41, 5.74) is 0.222.